The Hall–Kier alpha value is -1.35. The number of sulfone groups is 1. The maximum Gasteiger partial charge on any atom is 0.203 e. The van der Waals surface area contributed by atoms with Gasteiger partial charge in [0.15, 0.2) is 0 Å². The van der Waals surface area contributed by atoms with E-state index in [9.17, 15) is 8.42 Å². The van der Waals surface area contributed by atoms with Gasteiger partial charge in [0.2, 0.25) is 9.84 Å². The van der Waals surface area contributed by atoms with Gasteiger partial charge in [-0.15, -0.1) is 0 Å². The molecule has 0 aromatic heterocycles. The second-order valence-electron chi connectivity index (χ2n) is 6.90. The van der Waals surface area contributed by atoms with Crippen LogP contribution >= 0.6 is 0 Å². The summed E-state index contributed by atoms with van der Waals surface area (Å²) in [6.45, 7) is 0. The molecule has 0 radical (unpaired) electrons. The molecule has 1 saturated carbocycles. The Morgan fingerprint density at radius 2 is 1.62 bits per heavy atom. The van der Waals surface area contributed by atoms with Crippen molar-refractivity contribution in [3.63, 3.8) is 0 Å². The minimum Gasteiger partial charge on any atom is -0.219 e. The molecule has 0 spiro atoms. The lowest BCUT2D eigenvalue weighted by atomic mass is 9.85. The lowest BCUT2D eigenvalue weighted by Crippen LogP contribution is -2.17. The van der Waals surface area contributed by atoms with E-state index >= 15 is 0 Å². The molecule has 0 saturated heterocycles. The predicted octanol–water partition coefficient (Wildman–Crippen LogP) is 3.72. The second kappa shape index (κ2) is 3.89. The first kappa shape index (κ1) is 12.2. The van der Waals surface area contributed by atoms with E-state index < -0.39 is 9.84 Å². The van der Waals surface area contributed by atoms with Crippen LogP contribution < -0.4 is 0 Å². The zero-order valence-corrected chi connectivity index (χ0v) is 12.6. The Labute approximate surface area is 125 Å². The van der Waals surface area contributed by atoms with E-state index in [2.05, 4.69) is 6.08 Å². The average Bonchev–Trinajstić information content (AvgIpc) is 3.26. The van der Waals surface area contributed by atoms with Gasteiger partial charge in [-0.05, 0) is 49.7 Å². The van der Waals surface area contributed by atoms with Crippen molar-refractivity contribution in [2.45, 2.75) is 30.6 Å². The number of hydrogen-bond acceptors (Lipinski definition) is 2. The van der Waals surface area contributed by atoms with Crippen LogP contribution in [0.3, 0.4) is 0 Å². The molecule has 5 rings (SSSR count). The highest BCUT2D eigenvalue weighted by atomic mass is 32.2. The van der Waals surface area contributed by atoms with Crippen LogP contribution in [0.4, 0.5) is 0 Å². The Kier molecular flexibility index (Phi) is 2.26. The zero-order chi connectivity index (χ0) is 14.2. The molecule has 0 N–H and O–H groups in total. The number of hydrogen-bond donors (Lipinski definition) is 0. The van der Waals surface area contributed by atoms with Crippen LogP contribution in [0.25, 0.3) is 0 Å². The SMILES string of the molecule is O=S(=O)(C1=C[C@H]2C[C@@H]1C1=C2[C@@H]2CC[C@@H]1C2)c1ccccc1. The molecule has 1 fully saturated rings. The van der Waals surface area contributed by atoms with Gasteiger partial charge in [0.1, 0.15) is 0 Å². The zero-order valence-electron chi connectivity index (χ0n) is 11.8. The van der Waals surface area contributed by atoms with Gasteiger partial charge in [-0.1, -0.05) is 35.4 Å². The van der Waals surface area contributed by atoms with E-state index in [-0.39, 0.29) is 5.92 Å². The van der Waals surface area contributed by atoms with Gasteiger partial charge in [-0.25, -0.2) is 8.42 Å². The van der Waals surface area contributed by atoms with E-state index in [1.165, 1.54) is 24.8 Å². The van der Waals surface area contributed by atoms with E-state index in [0.717, 1.165) is 12.3 Å². The summed E-state index contributed by atoms with van der Waals surface area (Å²) in [5.41, 5.74) is 3.18. The van der Waals surface area contributed by atoms with Gasteiger partial charge >= 0.3 is 0 Å². The smallest absolute Gasteiger partial charge is 0.203 e. The van der Waals surface area contributed by atoms with Gasteiger partial charge in [0.25, 0.3) is 0 Å². The lowest BCUT2D eigenvalue weighted by Gasteiger charge is -2.24. The van der Waals surface area contributed by atoms with Crippen molar-refractivity contribution in [1.82, 2.24) is 0 Å². The Morgan fingerprint density at radius 1 is 0.905 bits per heavy atom. The molecule has 0 unspecified atom stereocenters. The fourth-order valence-electron chi connectivity index (χ4n) is 5.28. The van der Waals surface area contributed by atoms with Gasteiger partial charge in [0, 0.05) is 11.8 Å². The van der Waals surface area contributed by atoms with E-state index in [4.69, 9.17) is 0 Å². The third kappa shape index (κ3) is 1.45. The summed E-state index contributed by atoms with van der Waals surface area (Å²) in [6, 6.07) is 8.92. The number of rotatable bonds is 2. The lowest BCUT2D eigenvalue weighted by molar-refractivity contribution is 0.548. The summed E-state index contributed by atoms with van der Waals surface area (Å²) in [5.74, 6) is 2.09. The first-order chi connectivity index (χ1) is 10.2. The van der Waals surface area contributed by atoms with E-state index in [1.807, 2.05) is 18.2 Å². The minimum absolute atomic E-state index is 0.200. The molecule has 0 heterocycles. The topological polar surface area (TPSA) is 34.1 Å². The van der Waals surface area contributed by atoms with Crippen LogP contribution in [-0.2, 0) is 9.84 Å². The predicted molar refractivity (Wildman–Crippen MR) is 81.2 cm³/mol. The van der Waals surface area contributed by atoms with Crippen LogP contribution in [0, 0.1) is 23.7 Å². The third-order valence-corrected chi connectivity index (χ3v) is 7.92. The van der Waals surface area contributed by atoms with Crippen LogP contribution in [-0.4, -0.2) is 8.42 Å². The largest absolute Gasteiger partial charge is 0.219 e. The molecule has 4 aliphatic carbocycles. The fourth-order valence-corrected chi connectivity index (χ4v) is 7.01. The van der Waals surface area contributed by atoms with E-state index in [0.29, 0.717) is 21.6 Å². The average molecular weight is 298 g/mol. The summed E-state index contributed by atoms with van der Waals surface area (Å²) in [5, 5.41) is 0. The monoisotopic (exact) mass is 298 g/mol. The van der Waals surface area contributed by atoms with E-state index in [1.54, 1.807) is 17.7 Å². The van der Waals surface area contributed by atoms with Crippen molar-refractivity contribution in [3.05, 3.63) is 52.5 Å². The van der Waals surface area contributed by atoms with Crippen molar-refractivity contribution in [2.24, 2.45) is 23.7 Å². The Balaban J connectivity index is 1.58. The Bertz CT molecular complexity index is 786. The summed E-state index contributed by atoms with van der Waals surface area (Å²) in [7, 11) is -3.30. The van der Waals surface area contributed by atoms with Crippen LogP contribution in [0.2, 0.25) is 0 Å². The molecular weight excluding hydrogens is 280 g/mol. The highest BCUT2D eigenvalue weighted by molar-refractivity contribution is 7.95. The molecule has 21 heavy (non-hydrogen) atoms. The summed E-state index contributed by atoms with van der Waals surface area (Å²) in [4.78, 5) is 1.15. The van der Waals surface area contributed by atoms with Gasteiger partial charge < -0.3 is 0 Å². The van der Waals surface area contributed by atoms with Crippen molar-refractivity contribution in [2.75, 3.05) is 0 Å². The van der Waals surface area contributed by atoms with Crippen LogP contribution in [0.1, 0.15) is 25.7 Å². The van der Waals surface area contributed by atoms with Gasteiger partial charge in [0.05, 0.1) is 9.80 Å². The maximum atomic E-state index is 12.9. The van der Waals surface area contributed by atoms with Crippen molar-refractivity contribution in [3.8, 4) is 0 Å². The standard InChI is InChI=1S/C18H18O2S/c19-21(20,14-4-2-1-3-5-14)16-10-13-9-15(16)18-12-7-6-11(8-12)17(13)18/h1-5,10-13,15H,6-9H2/t11-,12-,13-,15+/m1/s1. The van der Waals surface area contributed by atoms with Crippen molar-refractivity contribution >= 4 is 9.84 Å². The second-order valence-corrected chi connectivity index (χ2v) is 8.85. The first-order valence-electron chi connectivity index (χ1n) is 7.92. The van der Waals surface area contributed by atoms with Gasteiger partial charge in [-0.3, -0.25) is 0 Å². The third-order valence-electron chi connectivity index (χ3n) is 5.98. The summed E-state index contributed by atoms with van der Waals surface area (Å²) < 4.78 is 25.9. The molecule has 3 heteroatoms. The molecular formula is C18H18O2S. The van der Waals surface area contributed by atoms with Gasteiger partial charge in [-0.2, -0.15) is 0 Å². The van der Waals surface area contributed by atoms with Crippen LogP contribution in [0.5, 0.6) is 0 Å². The quantitative estimate of drug-likeness (QED) is 0.616. The molecule has 0 aliphatic heterocycles. The summed E-state index contributed by atoms with van der Waals surface area (Å²) in [6.07, 6.45) is 7.02. The highest BCUT2D eigenvalue weighted by Crippen LogP contribution is 2.64. The molecule has 4 bridgehead atoms. The molecule has 1 aromatic rings. The number of fused-ring (bicyclic) bond motifs is 8. The number of allylic oxidation sites excluding steroid dienone is 4. The molecule has 2 nitrogen and oxygen atoms in total. The molecule has 1 aromatic carbocycles. The normalized spacial score (nSPS) is 36.3. The molecule has 4 atom stereocenters. The molecule has 4 aliphatic rings. The molecule has 0 amide bonds. The first-order valence-corrected chi connectivity index (χ1v) is 9.40. The van der Waals surface area contributed by atoms with Crippen LogP contribution in [0.15, 0.2) is 57.4 Å². The summed E-state index contributed by atoms with van der Waals surface area (Å²) >= 11 is 0. The van der Waals surface area contributed by atoms with Crippen molar-refractivity contribution in [1.29, 1.82) is 0 Å². The number of benzene rings is 1. The Morgan fingerprint density at radius 3 is 2.38 bits per heavy atom. The van der Waals surface area contributed by atoms with Crippen molar-refractivity contribution < 1.29 is 8.42 Å². The fraction of sp³-hybridized carbons (Fsp3) is 0.444. The maximum absolute atomic E-state index is 12.9. The highest BCUT2D eigenvalue weighted by Gasteiger charge is 2.53. The minimum atomic E-state index is -3.30. The molecule has 108 valence electrons.